The molecule has 0 fully saturated rings. The fraction of sp³-hybridized carbons (Fsp3) is 0.179. The van der Waals surface area contributed by atoms with Crippen LogP contribution in [0.15, 0.2) is 72.8 Å². The lowest BCUT2D eigenvalue weighted by atomic mass is 9.95. The maximum Gasteiger partial charge on any atom is 0.315 e. The fourth-order valence-corrected chi connectivity index (χ4v) is 5.38. The number of benzene rings is 3. The van der Waals surface area contributed by atoms with Crippen molar-refractivity contribution in [2.75, 3.05) is 5.32 Å². The lowest BCUT2D eigenvalue weighted by Crippen LogP contribution is -2.38. The van der Waals surface area contributed by atoms with Gasteiger partial charge in [-0.3, -0.25) is 4.79 Å². The molecule has 36 heavy (non-hydrogen) atoms. The molecule has 0 atom stereocenters. The highest BCUT2D eigenvalue weighted by Gasteiger charge is 2.24. The number of urea groups is 1. The Morgan fingerprint density at radius 1 is 0.972 bits per heavy atom. The molecule has 1 aliphatic rings. The molecule has 8 heteroatoms. The molecule has 3 N–H and O–H groups in total. The van der Waals surface area contributed by atoms with E-state index in [1.807, 2.05) is 37.3 Å². The number of halogens is 1. The van der Waals surface area contributed by atoms with Crippen LogP contribution in [0.4, 0.5) is 9.80 Å². The predicted molar refractivity (Wildman–Crippen MR) is 144 cm³/mol. The summed E-state index contributed by atoms with van der Waals surface area (Å²) in [7, 11) is 0. The molecule has 0 aliphatic heterocycles. The van der Waals surface area contributed by atoms with E-state index in [4.69, 9.17) is 11.6 Å². The van der Waals surface area contributed by atoms with E-state index in [1.54, 1.807) is 18.2 Å². The maximum atomic E-state index is 13.0. The molecule has 1 aliphatic carbocycles. The predicted octanol–water partition coefficient (Wildman–Crippen LogP) is 6.04. The molecule has 0 bridgehead atoms. The second-order valence-electron chi connectivity index (χ2n) is 8.75. The van der Waals surface area contributed by atoms with E-state index in [2.05, 4.69) is 44.6 Å². The highest BCUT2D eigenvalue weighted by atomic mass is 35.5. The number of aryl methyl sites for hydroxylation is 3. The van der Waals surface area contributed by atoms with E-state index in [0.29, 0.717) is 15.6 Å². The highest BCUT2D eigenvalue weighted by Crippen LogP contribution is 2.32. The van der Waals surface area contributed by atoms with Crippen molar-refractivity contribution >= 4 is 40.1 Å². The van der Waals surface area contributed by atoms with Crippen molar-refractivity contribution in [1.29, 1.82) is 0 Å². The Kier molecular flexibility index (Phi) is 7.02. The number of nitrogens with one attached hydrogen (secondary N) is 3. The van der Waals surface area contributed by atoms with E-state index in [1.165, 1.54) is 22.7 Å². The summed E-state index contributed by atoms with van der Waals surface area (Å²) in [6.07, 6.45) is 1.87. The molecule has 182 valence electrons. The summed E-state index contributed by atoms with van der Waals surface area (Å²) in [5, 5.41) is 9.99. The standard InChI is InChI=1S/C28H25ClN4O2S/c1-17-14-25(36-33-17)31-27(34)20-12-13-21(24(29)15-20)16-30-28(35)32-26-22-8-4-2-6-18(22)10-11-19-7-3-5-9-23(19)26/h2-9,12-15,26H,10-11,16H2,1H3,(H,31,34)(H2,30,32,35). The van der Waals surface area contributed by atoms with Crippen LogP contribution >= 0.6 is 23.1 Å². The van der Waals surface area contributed by atoms with Crippen LogP contribution in [-0.4, -0.2) is 16.3 Å². The largest absolute Gasteiger partial charge is 0.334 e. The van der Waals surface area contributed by atoms with Gasteiger partial charge in [0.15, 0.2) is 0 Å². The van der Waals surface area contributed by atoms with Gasteiger partial charge in [-0.15, -0.1) is 0 Å². The van der Waals surface area contributed by atoms with Crippen LogP contribution in [0.25, 0.3) is 0 Å². The molecule has 3 amide bonds. The van der Waals surface area contributed by atoms with E-state index < -0.39 is 0 Å². The summed E-state index contributed by atoms with van der Waals surface area (Å²) in [5.41, 5.74) is 6.71. The quantitative estimate of drug-likeness (QED) is 0.302. The van der Waals surface area contributed by atoms with Gasteiger partial charge in [-0.1, -0.05) is 66.2 Å². The normalized spacial score (nSPS) is 12.7. The van der Waals surface area contributed by atoms with Gasteiger partial charge in [0.05, 0.1) is 11.7 Å². The number of nitrogens with zero attached hydrogens (tertiary/aromatic N) is 1. The second kappa shape index (κ2) is 10.5. The summed E-state index contributed by atoms with van der Waals surface area (Å²) < 4.78 is 4.16. The minimum Gasteiger partial charge on any atom is -0.334 e. The Balaban J connectivity index is 1.26. The van der Waals surface area contributed by atoms with Crippen molar-refractivity contribution in [2.45, 2.75) is 32.4 Å². The van der Waals surface area contributed by atoms with Crippen LogP contribution < -0.4 is 16.0 Å². The lowest BCUT2D eigenvalue weighted by molar-refractivity contribution is 0.102. The maximum absolute atomic E-state index is 13.0. The molecule has 4 aromatic rings. The lowest BCUT2D eigenvalue weighted by Gasteiger charge is -2.22. The first-order valence-corrected chi connectivity index (χ1v) is 12.9. The van der Waals surface area contributed by atoms with Crippen molar-refractivity contribution in [3.8, 4) is 0 Å². The summed E-state index contributed by atoms with van der Waals surface area (Å²) in [5.74, 6) is -0.261. The van der Waals surface area contributed by atoms with Crippen molar-refractivity contribution in [1.82, 2.24) is 15.0 Å². The van der Waals surface area contributed by atoms with Gasteiger partial charge in [-0.2, -0.15) is 4.37 Å². The van der Waals surface area contributed by atoms with E-state index in [9.17, 15) is 9.59 Å². The Morgan fingerprint density at radius 3 is 2.25 bits per heavy atom. The molecule has 0 radical (unpaired) electrons. The molecule has 0 unspecified atom stereocenters. The highest BCUT2D eigenvalue weighted by molar-refractivity contribution is 7.10. The van der Waals surface area contributed by atoms with Crippen LogP contribution in [0.2, 0.25) is 5.02 Å². The average molecular weight is 517 g/mol. The Hall–Kier alpha value is -3.68. The number of hydrogen-bond donors (Lipinski definition) is 3. The molecule has 5 rings (SSSR count). The molecule has 1 aromatic heterocycles. The summed E-state index contributed by atoms with van der Waals surface area (Å²) >= 11 is 7.68. The topological polar surface area (TPSA) is 83.1 Å². The van der Waals surface area contributed by atoms with E-state index in [0.717, 1.165) is 35.2 Å². The molecule has 0 spiro atoms. The van der Waals surface area contributed by atoms with Crippen LogP contribution in [0.3, 0.4) is 0 Å². The first kappa shape index (κ1) is 24.0. The average Bonchev–Trinajstić information content (AvgIpc) is 3.22. The number of fused-ring (bicyclic) bond motifs is 2. The molecular formula is C28H25ClN4O2S. The Labute approximate surface area is 218 Å². The SMILES string of the molecule is Cc1cc(NC(=O)c2ccc(CNC(=O)NC3c4ccccc4CCc4ccccc43)c(Cl)c2)sn1. The number of carbonyl (C=O) groups excluding carboxylic acids is 2. The third-order valence-electron chi connectivity index (χ3n) is 6.29. The zero-order valence-corrected chi connectivity index (χ0v) is 21.2. The molecule has 1 heterocycles. The number of aromatic nitrogens is 1. The minimum atomic E-state index is -0.287. The van der Waals surface area contributed by atoms with Crippen molar-refractivity contribution in [3.05, 3.63) is 117 Å². The van der Waals surface area contributed by atoms with E-state index >= 15 is 0 Å². The second-order valence-corrected chi connectivity index (χ2v) is 9.96. The molecule has 0 saturated heterocycles. The third kappa shape index (κ3) is 5.27. The van der Waals surface area contributed by atoms with Gasteiger partial charge in [0.25, 0.3) is 5.91 Å². The molecule has 0 saturated carbocycles. The van der Waals surface area contributed by atoms with Gasteiger partial charge < -0.3 is 16.0 Å². The molecular weight excluding hydrogens is 492 g/mol. The number of hydrogen-bond acceptors (Lipinski definition) is 4. The number of amides is 3. The van der Waals surface area contributed by atoms with Crippen molar-refractivity contribution in [2.24, 2.45) is 0 Å². The van der Waals surface area contributed by atoms with E-state index in [-0.39, 0.29) is 24.5 Å². The number of anilines is 1. The van der Waals surface area contributed by atoms with Crippen LogP contribution in [-0.2, 0) is 19.4 Å². The Morgan fingerprint density at radius 2 is 1.64 bits per heavy atom. The van der Waals surface area contributed by atoms with Gasteiger partial charge in [-0.05, 0) is 77.3 Å². The van der Waals surface area contributed by atoms with Gasteiger partial charge in [0, 0.05) is 17.1 Å². The minimum absolute atomic E-state index is 0.233. The van der Waals surface area contributed by atoms with Gasteiger partial charge in [0.2, 0.25) is 0 Å². The Bertz CT molecular complexity index is 1390. The number of rotatable bonds is 5. The van der Waals surface area contributed by atoms with Crippen LogP contribution in [0, 0.1) is 6.92 Å². The third-order valence-corrected chi connectivity index (χ3v) is 7.44. The summed E-state index contributed by atoms with van der Waals surface area (Å²) in [6, 6.07) is 22.8. The van der Waals surface area contributed by atoms with Crippen LogP contribution in [0.5, 0.6) is 0 Å². The first-order chi connectivity index (χ1) is 17.5. The first-order valence-electron chi connectivity index (χ1n) is 11.7. The van der Waals surface area contributed by atoms with Crippen molar-refractivity contribution in [3.63, 3.8) is 0 Å². The van der Waals surface area contributed by atoms with Gasteiger partial charge >= 0.3 is 6.03 Å². The van der Waals surface area contributed by atoms with Gasteiger partial charge in [-0.25, -0.2) is 4.79 Å². The fourth-order valence-electron chi connectivity index (χ4n) is 4.48. The molecule has 6 nitrogen and oxygen atoms in total. The zero-order chi connectivity index (χ0) is 25.1. The molecule has 3 aromatic carbocycles. The van der Waals surface area contributed by atoms with Crippen LogP contribution in [0.1, 0.15) is 49.9 Å². The smallest absolute Gasteiger partial charge is 0.315 e. The zero-order valence-electron chi connectivity index (χ0n) is 19.7. The van der Waals surface area contributed by atoms with Gasteiger partial charge in [0.1, 0.15) is 5.00 Å². The number of carbonyl (C=O) groups is 2. The van der Waals surface area contributed by atoms with Crippen molar-refractivity contribution < 1.29 is 9.59 Å². The summed E-state index contributed by atoms with van der Waals surface area (Å²) in [4.78, 5) is 25.5. The summed E-state index contributed by atoms with van der Waals surface area (Å²) in [6.45, 7) is 2.10. The monoisotopic (exact) mass is 516 g/mol.